The first kappa shape index (κ1) is 13.2. The van der Waals surface area contributed by atoms with Crippen molar-refractivity contribution in [2.75, 3.05) is 0 Å². The van der Waals surface area contributed by atoms with Crippen molar-refractivity contribution in [1.29, 1.82) is 0 Å². The summed E-state index contributed by atoms with van der Waals surface area (Å²) in [6, 6.07) is 4.63. The highest BCUT2D eigenvalue weighted by Gasteiger charge is 2.14. The number of hydrogen-bond acceptors (Lipinski definition) is 3. The number of aromatic nitrogens is 1. The van der Waals surface area contributed by atoms with Gasteiger partial charge >= 0.3 is 0 Å². The largest absolute Gasteiger partial charge is 0.347 e. The number of benzene rings is 1. The number of halogens is 2. The monoisotopic (exact) mass is 328 g/mol. The van der Waals surface area contributed by atoms with Crippen molar-refractivity contribution in [3.8, 4) is 0 Å². The Bertz CT molecular complexity index is 585. The van der Waals surface area contributed by atoms with Gasteiger partial charge in [0.2, 0.25) is 0 Å². The molecule has 0 spiro atoms. The van der Waals surface area contributed by atoms with E-state index >= 15 is 0 Å². The van der Waals surface area contributed by atoms with Gasteiger partial charge in [0.05, 0.1) is 27.8 Å². The zero-order valence-electron chi connectivity index (χ0n) is 9.54. The summed E-state index contributed by atoms with van der Waals surface area (Å²) >= 11 is 4.52. The summed E-state index contributed by atoms with van der Waals surface area (Å²) in [5.41, 5.74) is 2.64. The minimum atomic E-state index is -0.545. The molecule has 0 aliphatic carbocycles. The van der Waals surface area contributed by atoms with Crippen LogP contribution in [0.3, 0.4) is 0 Å². The van der Waals surface area contributed by atoms with E-state index in [2.05, 4.69) is 26.2 Å². The number of thiazole rings is 1. The number of nitrogens with zero attached hydrogens (tertiary/aromatic N) is 1. The summed E-state index contributed by atoms with van der Waals surface area (Å²) in [5.74, 6) is -0.974. The molecule has 0 aliphatic heterocycles. The highest BCUT2D eigenvalue weighted by Crippen LogP contribution is 2.19. The molecule has 1 heterocycles. The van der Waals surface area contributed by atoms with Gasteiger partial charge in [-0.05, 0) is 35.0 Å². The zero-order chi connectivity index (χ0) is 13.1. The van der Waals surface area contributed by atoms with Gasteiger partial charge in [-0.1, -0.05) is 6.07 Å². The van der Waals surface area contributed by atoms with Crippen molar-refractivity contribution in [3.63, 3.8) is 0 Å². The molecule has 18 heavy (non-hydrogen) atoms. The van der Waals surface area contributed by atoms with Crippen molar-refractivity contribution in [1.82, 2.24) is 10.3 Å². The molecule has 0 aliphatic rings. The van der Waals surface area contributed by atoms with Crippen LogP contribution >= 0.6 is 27.3 Å². The Morgan fingerprint density at radius 2 is 2.33 bits per heavy atom. The molecule has 1 amide bonds. The van der Waals surface area contributed by atoms with Crippen LogP contribution in [0.1, 0.15) is 20.9 Å². The molecule has 2 aromatic rings. The fraction of sp³-hybridized carbons (Fsp3) is 0.167. The molecule has 0 bridgehead atoms. The molecule has 2 rings (SSSR count). The molecule has 0 saturated carbocycles. The van der Waals surface area contributed by atoms with E-state index in [4.69, 9.17) is 0 Å². The summed E-state index contributed by atoms with van der Waals surface area (Å²) in [6.07, 6.45) is 0. The zero-order valence-corrected chi connectivity index (χ0v) is 11.9. The highest BCUT2D eigenvalue weighted by atomic mass is 79.9. The first-order valence-electron chi connectivity index (χ1n) is 5.20. The number of hydrogen-bond donors (Lipinski definition) is 1. The lowest BCUT2D eigenvalue weighted by Crippen LogP contribution is -2.23. The molecular formula is C12H10BrFN2OS. The molecule has 1 aromatic carbocycles. The van der Waals surface area contributed by atoms with E-state index in [0.717, 1.165) is 10.6 Å². The average Bonchev–Trinajstić information content (AvgIpc) is 2.75. The van der Waals surface area contributed by atoms with Crippen LogP contribution in [0, 0.1) is 12.7 Å². The summed E-state index contributed by atoms with van der Waals surface area (Å²) < 4.78 is 14.0. The van der Waals surface area contributed by atoms with E-state index in [0.29, 0.717) is 6.54 Å². The third-order valence-corrected chi connectivity index (χ3v) is 4.00. The van der Waals surface area contributed by atoms with Gasteiger partial charge < -0.3 is 5.32 Å². The number of carbonyl (C=O) groups excluding carboxylic acids is 1. The normalized spacial score (nSPS) is 10.4. The molecule has 0 fully saturated rings. The van der Waals surface area contributed by atoms with Crippen LogP contribution in [-0.4, -0.2) is 10.9 Å². The lowest BCUT2D eigenvalue weighted by Gasteiger charge is -2.06. The maximum absolute atomic E-state index is 13.7. The first-order valence-corrected chi connectivity index (χ1v) is 6.88. The Hall–Kier alpha value is -1.27. The Balaban J connectivity index is 2.09. The van der Waals surface area contributed by atoms with Crippen molar-refractivity contribution in [2.24, 2.45) is 0 Å². The third-order valence-electron chi connectivity index (χ3n) is 2.45. The predicted molar refractivity (Wildman–Crippen MR) is 72.1 cm³/mol. The summed E-state index contributed by atoms with van der Waals surface area (Å²) in [6.45, 7) is 2.24. The molecule has 0 atom stereocenters. The van der Waals surface area contributed by atoms with E-state index in [1.807, 2.05) is 6.92 Å². The summed E-state index contributed by atoms with van der Waals surface area (Å²) in [4.78, 5) is 16.9. The van der Waals surface area contributed by atoms with Crippen LogP contribution in [-0.2, 0) is 6.54 Å². The van der Waals surface area contributed by atoms with Crippen molar-refractivity contribution >= 4 is 33.2 Å². The number of carbonyl (C=O) groups is 1. The fourth-order valence-electron chi connectivity index (χ4n) is 1.43. The van der Waals surface area contributed by atoms with Gasteiger partial charge in [-0.25, -0.2) is 9.37 Å². The molecule has 3 nitrogen and oxygen atoms in total. The van der Waals surface area contributed by atoms with E-state index in [1.165, 1.54) is 17.4 Å². The van der Waals surface area contributed by atoms with Crippen LogP contribution in [0.25, 0.3) is 0 Å². The Kier molecular flexibility index (Phi) is 4.08. The van der Waals surface area contributed by atoms with Crippen molar-refractivity contribution < 1.29 is 9.18 Å². The lowest BCUT2D eigenvalue weighted by atomic mass is 10.2. The van der Waals surface area contributed by atoms with Crippen molar-refractivity contribution in [2.45, 2.75) is 13.5 Å². The van der Waals surface area contributed by atoms with Gasteiger partial charge in [-0.3, -0.25) is 4.79 Å². The summed E-state index contributed by atoms with van der Waals surface area (Å²) in [7, 11) is 0. The second kappa shape index (κ2) is 5.58. The smallest absolute Gasteiger partial charge is 0.254 e. The number of amides is 1. The van der Waals surface area contributed by atoms with E-state index in [9.17, 15) is 9.18 Å². The molecule has 0 saturated heterocycles. The standard InChI is InChI=1S/C12H10BrFN2OS/c1-7-10(18-6-16-7)5-15-12(17)8-3-2-4-9(13)11(8)14/h2-4,6H,5H2,1H3,(H,15,17). The van der Waals surface area contributed by atoms with Gasteiger partial charge in [-0.15, -0.1) is 11.3 Å². The second-order valence-corrected chi connectivity index (χ2v) is 5.44. The van der Waals surface area contributed by atoms with Gasteiger partial charge in [0.15, 0.2) is 0 Å². The quantitative estimate of drug-likeness (QED) is 0.939. The lowest BCUT2D eigenvalue weighted by molar-refractivity contribution is 0.0947. The van der Waals surface area contributed by atoms with Crippen LogP contribution in [0.2, 0.25) is 0 Å². The number of aryl methyl sites for hydroxylation is 1. The van der Waals surface area contributed by atoms with Crippen LogP contribution < -0.4 is 5.32 Å². The number of nitrogens with one attached hydrogen (secondary N) is 1. The van der Waals surface area contributed by atoms with Gasteiger partial charge in [0.25, 0.3) is 5.91 Å². The molecule has 0 unspecified atom stereocenters. The van der Waals surface area contributed by atoms with Crippen molar-refractivity contribution in [3.05, 3.63) is 50.1 Å². The predicted octanol–water partition coefficient (Wildman–Crippen LogP) is 3.28. The molecular weight excluding hydrogens is 319 g/mol. The molecule has 0 radical (unpaired) electrons. The first-order chi connectivity index (χ1) is 8.59. The van der Waals surface area contributed by atoms with Gasteiger partial charge in [-0.2, -0.15) is 0 Å². The van der Waals surface area contributed by atoms with Crippen LogP contribution in [0.15, 0.2) is 28.2 Å². The van der Waals surface area contributed by atoms with E-state index < -0.39 is 11.7 Å². The Morgan fingerprint density at radius 3 is 3.00 bits per heavy atom. The van der Waals surface area contributed by atoms with Crippen LogP contribution in [0.5, 0.6) is 0 Å². The highest BCUT2D eigenvalue weighted by molar-refractivity contribution is 9.10. The SMILES string of the molecule is Cc1ncsc1CNC(=O)c1cccc(Br)c1F. The van der Waals surface area contributed by atoms with E-state index in [-0.39, 0.29) is 10.0 Å². The maximum Gasteiger partial charge on any atom is 0.254 e. The third kappa shape index (κ3) is 2.76. The second-order valence-electron chi connectivity index (χ2n) is 3.65. The topological polar surface area (TPSA) is 42.0 Å². The van der Waals surface area contributed by atoms with Gasteiger partial charge in [0, 0.05) is 4.88 Å². The Labute approximate surface area is 116 Å². The average molecular weight is 329 g/mol. The number of rotatable bonds is 3. The summed E-state index contributed by atoms with van der Waals surface area (Å²) in [5, 5.41) is 2.68. The molecule has 94 valence electrons. The molecule has 1 N–H and O–H groups in total. The molecule has 1 aromatic heterocycles. The minimum Gasteiger partial charge on any atom is -0.347 e. The van der Waals surface area contributed by atoms with Crippen LogP contribution in [0.4, 0.5) is 4.39 Å². The molecule has 6 heteroatoms. The maximum atomic E-state index is 13.7. The Morgan fingerprint density at radius 1 is 1.56 bits per heavy atom. The van der Waals surface area contributed by atoms with Gasteiger partial charge in [0.1, 0.15) is 5.82 Å². The fourth-order valence-corrected chi connectivity index (χ4v) is 2.51. The van der Waals surface area contributed by atoms with E-state index in [1.54, 1.807) is 17.6 Å². The minimum absolute atomic E-state index is 0.0338.